The maximum atomic E-state index is 12.6. The van der Waals surface area contributed by atoms with Gasteiger partial charge in [0.2, 0.25) is 0 Å². The van der Waals surface area contributed by atoms with Gasteiger partial charge in [0, 0.05) is 0 Å². The molecule has 0 aliphatic heterocycles. The SMILES string of the molecule is CC(=O)[C@@](C)(O)[C@@](O)(F)C(F)F. The van der Waals surface area contributed by atoms with Crippen LogP contribution in [0.3, 0.4) is 0 Å². The molecule has 12 heavy (non-hydrogen) atoms. The van der Waals surface area contributed by atoms with Crippen molar-refractivity contribution in [1.82, 2.24) is 0 Å². The molecular formula is C6H9F3O3. The molecule has 3 nitrogen and oxygen atoms in total. The van der Waals surface area contributed by atoms with Crippen molar-refractivity contribution in [2.24, 2.45) is 0 Å². The third kappa shape index (κ3) is 1.59. The molecular weight excluding hydrogens is 177 g/mol. The van der Waals surface area contributed by atoms with E-state index in [1.165, 1.54) is 0 Å². The van der Waals surface area contributed by atoms with Gasteiger partial charge in [-0.1, -0.05) is 0 Å². The van der Waals surface area contributed by atoms with Gasteiger partial charge in [-0.2, -0.15) is 0 Å². The molecule has 0 bridgehead atoms. The minimum absolute atomic E-state index is 0.488. The maximum absolute atomic E-state index is 12.6. The predicted octanol–water partition coefficient (Wildman–Crippen LogP) is 0.250. The van der Waals surface area contributed by atoms with Crippen LogP contribution in [0.25, 0.3) is 0 Å². The second-order valence-electron chi connectivity index (χ2n) is 2.60. The molecule has 0 fully saturated rings. The Kier molecular flexibility index (Phi) is 2.87. The van der Waals surface area contributed by atoms with Crippen LogP contribution in [0.4, 0.5) is 13.2 Å². The average molecular weight is 186 g/mol. The van der Waals surface area contributed by atoms with E-state index in [1.807, 2.05) is 0 Å². The number of Topliss-reactive ketones (excluding diaryl/α,β-unsaturated/α-hetero) is 1. The summed E-state index contributed by atoms with van der Waals surface area (Å²) in [5.41, 5.74) is -3.08. The van der Waals surface area contributed by atoms with Crippen molar-refractivity contribution >= 4 is 5.78 Å². The van der Waals surface area contributed by atoms with Crippen LogP contribution in [0.5, 0.6) is 0 Å². The molecule has 0 heterocycles. The molecule has 6 heteroatoms. The Bertz CT molecular complexity index is 188. The Morgan fingerprint density at radius 2 is 1.75 bits per heavy atom. The van der Waals surface area contributed by atoms with Crippen molar-refractivity contribution in [2.75, 3.05) is 0 Å². The molecule has 0 aliphatic rings. The third-order valence-electron chi connectivity index (χ3n) is 1.66. The van der Waals surface area contributed by atoms with Crippen molar-refractivity contribution in [2.45, 2.75) is 31.7 Å². The van der Waals surface area contributed by atoms with E-state index in [9.17, 15) is 18.0 Å². The number of ketones is 1. The van der Waals surface area contributed by atoms with E-state index in [4.69, 9.17) is 10.2 Å². The van der Waals surface area contributed by atoms with E-state index in [2.05, 4.69) is 0 Å². The van der Waals surface area contributed by atoms with Gasteiger partial charge in [0.05, 0.1) is 0 Å². The van der Waals surface area contributed by atoms with Crippen LogP contribution in [0, 0.1) is 0 Å². The number of carbonyl (C=O) groups is 1. The van der Waals surface area contributed by atoms with E-state index >= 15 is 0 Å². The second kappa shape index (κ2) is 3.02. The molecule has 0 saturated carbocycles. The van der Waals surface area contributed by atoms with Crippen LogP contribution < -0.4 is 0 Å². The van der Waals surface area contributed by atoms with E-state index in [0.717, 1.165) is 0 Å². The molecule has 0 aromatic carbocycles. The highest BCUT2D eigenvalue weighted by Crippen LogP contribution is 2.30. The first-order chi connectivity index (χ1) is 5.14. The van der Waals surface area contributed by atoms with Gasteiger partial charge in [0.25, 0.3) is 6.43 Å². The zero-order chi connectivity index (χ0) is 10.2. The van der Waals surface area contributed by atoms with Crippen LogP contribution in [0.15, 0.2) is 0 Å². The molecule has 0 amide bonds. The fraction of sp³-hybridized carbons (Fsp3) is 0.833. The Hall–Kier alpha value is -0.620. The van der Waals surface area contributed by atoms with Gasteiger partial charge in [0.1, 0.15) is 0 Å². The van der Waals surface area contributed by atoms with Gasteiger partial charge in [-0.3, -0.25) is 4.79 Å². The first-order valence-electron chi connectivity index (χ1n) is 3.07. The van der Waals surface area contributed by atoms with E-state index in [0.29, 0.717) is 13.8 Å². The molecule has 0 aromatic rings. The summed E-state index contributed by atoms with van der Waals surface area (Å²) in [6, 6.07) is 0. The molecule has 0 saturated heterocycles. The fourth-order valence-electron chi connectivity index (χ4n) is 0.459. The van der Waals surface area contributed by atoms with Gasteiger partial charge in [-0.25, -0.2) is 13.2 Å². The minimum atomic E-state index is -4.21. The third-order valence-corrected chi connectivity index (χ3v) is 1.66. The minimum Gasteiger partial charge on any atom is -0.377 e. The van der Waals surface area contributed by atoms with Crippen LogP contribution >= 0.6 is 0 Å². The summed E-state index contributed by atoms with van der Waals surface area (Å²) in [6.45, 7) is 1.19. The van der Waals surface area contributed by atoms with E-state index in [-0.39, 0.29) is 0 Å². The summed E-state index contributed by atoms with van der Waals surface area (Å²) in [6.07, 6.45) is -3.84. The molecule has 2 atom stereocenters. The normalized spacial score (nSPS) is 21.7. The number of rotatable bonds is 3. The molecule has 0 spiro atoms. The van der Waals surface area contributed by atoms with Gasteiger partial charge in [-0.15, -0.1) is 0 Å². The molecule has 72 valence electrons. The number of carbonyl (C=O) groups excluding carboxylic acids is 1. The number of halogens is 3. The Morgan fingerprint density at radius 1 is 1.42 bits per heavy atom. The van der Waals surface area contributed by atoms with E-state index in [1.54, 1.807) is 0 Å². The predicted molar refractivity (Wildman–Crippen MR) is 33.4 cm³/mol. The Morgan fingerprint density at radius 3 is 1.83 bits per heavy atom. The lowest BCUT2D eigenvalue weighted by Crippen LogP contribution is -2.58. The van der Waals surface area contributed by atoms with Crippen LogP contribution in [0.1, 0.15) is 13.8 Å². The Balaban J connectivity index is 4.88. The first kappa shape index (κ1) is 11.4. The topological polar surface area (TPSA) is 57.5 Å². The Labute approximate surface area is 66.8 Å². The zero-order valence-electron chi connectivity index (χ0n) is 6.51. The highest BCUT2D eigenvalue weighted by Gasteiger charge is 2.57. The van der Waals surface area contributed by atoms with Crippen LogP contribution in [0.2, 0.25) is 0 Å². The number of hydrogen-bond donors (Lipinski definition) is 2. The summed E-state index contributed by atoms with van der Waals surface area (Å²) >= 11 is 0. The molecule has 2 N–H and O–H groups in total. The number of aliphatic hydroxyl groups is 2. The lowest BCUT2D eigenvalue weighted by atomic mass is 9.93. The van der Waals surface area contributed by atoms with Crippen molar-refractivity contribution < 1.29 is 28.2 Å². The van der Waals surface area contributed by atoms with Gasteiger partial charge in [-0.05, 0) is 13.8 Å². The van der Waals surface area contributed by atoms with Crippen molar-refractivity contribution in [1.29, 1.82) is 0 Å². The summed E-state index contributed by atoms with van der Waals surface area (Å²) in [5.74, 6) is -5.48. The first-order valence-corrected chi connectivity index (χ1v) is 3.07. The smallest absolute Gasteiger partial charge is 0.303 e. The van der Waals surface area contributed by atoms with Gasteiger partial charge in [0.15, 0.2) is 11.4 Å². The maximum Gasteiger partial charge on any atom is 0.303 e. The van der Waals surface area contributed by atoms with Crippen molar-refractivity contribution in [3.05, 3.63) is 0 Å². The van der Waals surface area contributed by atoms with Gasteiger partial charge < -0.3 is 10.2 Å². The van der Waals surface area contributed by atoms with Crippen molar-refractivity contribution in [3.8, 4) is 0 Å². The highest BCUT2D eigenvalue weighted by molar-refractivity contribution is 5.85. The van der Waals surface area contributed by atoms with Gasteiger partial charge >= 0.3 is 5.85 Å². The monoisotopic (exact) mass is 186 g/mol. The molecule has 0 rings (SSSR count). The van der Waals surface area contributed by atoms with Crippen molar-refractivity contribution in [3.63, 3.8) is 0 Å². The molecule has 0 aliphatic carbocycles. The second-order valence-corrected chi connectivity index (χ2v) is 2.60. The number of alkyl halides is 3. The number of hydrogen-bond acceptors (Lipinski definition) is 3. The molecule has 0 radical (unpaired) electrons. The zero-order valence-corrected chi connectivity index (χ0v) is 6.51. The lowest BCUT2D eigenvalue weighted by molar-refractivity contribution is -0.269. The van der Waals surface area contributed by atoms with E-state index < -0.39 is 23.7 Å². The fourth-order valence-corrected chi connectivity index (χ4v) is 0.459. The quantitative estimate of drug-likeness (QED) is 0.664. The molecule has 0 unspecified atom stereocenters. The lowest BCUT2D eigenvalue weighted by Gasteiger charge is -2.31. The summed E-state index contributed by atoms with van der Waals surface area (Å²) in [5, 5.41) is 17.2. The largest absolute Gasteiger partial charge is 0.377 e. The summed E-state index contributed by atoms with van der Waals surface area (Å²) in [7, 11) is 0. The van der Waals surface area contributed by atoms with Crippen LogP contribution in [-0.2, 0) is 4.79 Å². The van der Waals surface area contributed by atoms with Crippen LogP contribution in [-0.4, -0.2) is 33.9 Å². The molecule has 0 aromatic heterocycles. The summed E-state index contributed by atoms with van der Waals surface area (Å²) < 4.78 is 36.0. The average Bonchev–Trinajstić information content (AvgIpc) is 1.86. The summed E-state index contributed by atoms with van der Waals surface area (Å²) in [4.78, 5) is 10.4. The standard InChI is InChI=1S/C6H9F3O3/c1-3(10)5(2,11)6(9,12)4(7)8/h4,11-12H,1-2H3/t5-,6-/m1/s1. The highest BCUT2D eigenvalue weighted by atomic mass is 19.3.